The van der Waals surface area contributed by atoms with Crippen molar-refractivity contribution in [3.8, 4) is 0 Å². The van der Waals surface area contributed by atoms with Gasteiger partial charge in [-0.2, -0.15) is 0 Å². The van der Waals surface area contributed by atoms with Gasteiger partial charge in [-0.1, -0.05) is 0 Å². The molecule has 14 heavy (non-hydrogen) atoms. The van der Waals surface area contributed by atoms with E-state index in [9.17, 15) is 4.79 Å². The van der Waals surface area contributed by atoms with Crippen LogP contribution < -0.4 is 11.1 Å². The van der Waals surface area contributed by atoms with Gasteiger partial charge in [-0.15, -0.1) is 0 Å². The fraction of sp³-hybridized carbons (Fsp3) is 0.556. The topological polar surface area (TPSA) is 72.9 Å². The van der Waals surface area contributed by atoms with E-state index in [-0.39, 0.29) is 17.9 Å². The molecule has 0 aliphatic carbocycles. The zero-order chi connectivity index (χ0) is 10.8. The highest BCUT2D eigenvalue weighted by molar-refractivity contribution is 5.75. The summed E-state index contributed by atoms with van der Waals surface area (Å²) in [7, 11) is 1.88. The minimum atomic E-state index is -0.370. The molecule has 1 amide bonds. The van der Waals surface area contributed by atoms with Crippen molar-refractivity contribution in [1.29, 1.82) is 0 Å². The molecule has 1 rings (SSSR count). The van der Waals surface area contributed by atoms with Crippen LogP contribution in [0.5, 0.6) is 0 Å². The van der Waals surface area contributed by atoms with Crippen LogP contribution in [0.4, 0.5) is 5.95 Å². The third-order valence-electron chi connectivity index (χ3n) is 1.89. The number of anilines is 1. The van der Waals surface area contributed by atoms with Gasteiger partial charge in [-0.3, -0.25) is 4.79 Å². The number of primary amides is 1. The average molecular weight is 196 g/mol. The molecule has 0 bridgehead atoms. The molecule has 0 aliphatic rings. The summed E-state index contributed by atoms with van der Waals surface area (Å²) in [6, 6.07) is 0. The molecule has 0 atom stereocenters. The predicted molar refractivity (Wildman–Crippen MR) is 54.7 cm³/mol. The number of rotatable bonds is 4. The van der Waals surface area contributed by atoms with Gasteiger partial charge in [0, 0.05) is 31.4 Å². The molecule has 5 heteroatoms. The number of amides is 1. The monoisotopic (exact) mass is 196 g/mol. The van der Waals surface area contributed by atoms with Gasteiger partial charge in [0.1, 0.15) is 0 Å². The van der Waals surface area contributed by atoms with Crippen molar-refractivity contribution in [2.45, 2.75) is 25.8 Å². The first kappa shape index (κ1) is 10.6. The summed E-state index contributed by atoms with van der Waals surface area (Å²) in [6.07, 6.45) is 3.81. The fourth-order valence-corrected chi connectivity index (χ4v) is 1.27. The molecule has 0 spiro atoms. The normalized spacial score (nSPS) is 11.4. The molecule has 3 N–H and O–H groups in total. The summed E-state index contributed by atoms with van der Waals surface area (Å²) in [6.45, 7) is 3.82. The molecule has 0 unspecified atom stereocenters. The van der Waals surface area contributed by atoms with Crippen LogP contribution in [-0.2, 0) is 11.8 Å². The maximum Gasteiger partial charge on any atom is 0.219 e. The molecule has 0 radical (unpaired) electrons. The Labute approximate surface area is 83.3 Å². The number of nitrogens with zero attached hydrogens (tertiary/aromatic N) is 2. The molecular weight excluding hydrogens is 180 g/mol. The molecular formula is C9H16N4O. The lowest BCUT2D eigenvalue weighted by atomic mass is 10.0. The SMILES string of the molecule is Cn1ccnc1NC(C)(C)CC(N)=O. The van der Waals surface area contributed by atoms with Crippen LogP contribution in [0.2, 0.25) is 0 Å². The van der Waals surface area contributed by atoms with Crippen molar-refractivity contribution in [2.24, 2.45) is 12.8 Å². The third kappa shape index (κ3) is 2.76. The van der Waals surface area contributed by atoms with Gasteiger partial charge in [-0.05, 0) is 13.8 Å². The molecule has 1 aromatic rings. The first-order chi connectivity index (χ1) is 6.41. The van der Waals surface area contributed by atoms with Gasteiger partial charge < -0.3 is 15.6 Å². The second-order valence-electron chi connectivity index (χ2n) is 4.01. The van der Waals surface area contributed by atoms with Crippen LogP contribution in [0.25, 0.3) is 0 Å². The Morgan fingerprint density at radius 3 is 2.79 bits per heavy atom. The quantitative estimate of drug-likeness (QED) is 0.736. The average Bonchev–Trinajstić information content (AvgIpc) is 2.32. The minimum Gasteiger partial charge on any atom is -0.370 e. The number of aromatic nitrogens is 2. The zero-order valence-electron chi connectivity index (χ0n) is 8.74. The molecule has 0 aliphatic heterocycles. The summed E-state index contributed by atoms with van der Waals surface area (Å²) in [5.74, 6) is 0.410. The van der Waals surface area contributed by atoms with Crippen LogP contribution >= 0.6 is 0 Å². The minimum absolute atomic E-state index is 0.278. The molecule has 78 valence electrons. The number of nitrogens with two attached hydrogens (primary N) is 1. The fourth-order valence-electron chi connectivity index (χ4n) is 1.27. The third-order valence-corrected chi connectivity index (χ3v) is 1.89. The van der Waals surface area contributed by atoms with Crippen LogP contribution in [0.15, 0.2) is 12.4 Å². The Bertz CT molecular complexity index is 329. The zero-order valence-corrected chi connectivity index (χ0v) is 8.74. The molecule has 0 saturated carbocycles. The molecule has 1 heterocycles. The molecule has 0 aromatic carbocycles. The smallest absolute Gasteiger partial charge is 0.219 e. The van der Waals surface area contributed by atoms with Gasteiger partial charge in [0.25, 0.3) is 0 Å². The Morgan fingerprint density at radius 2 is 2.36 bits per heavy atom. The van der Waals surface area contributed by atoms with Crippen molar-refractivity contribution >= 4 is 11.9 Å². The lowest BCUT2D eigenvalue weighted by molar-refractivity contribution is -0.118. The van der Waals surface area contributed by atoms with E-state index in [0.29, 0.717) is 0 Å². The predicted octanol–water partition coefficient (Wildman–Crippen LogP) is 0.486. The van der Waals surface area contributed by atoms with Crippen molar-refractivity contribution < 1.29 is 4.79 Å². The first-order valence-electron chi connectivity index (χ1n) is 4.44. The number of hydrogen-bond acceptors (Lipinski definition) is 3. The van der Waals surface area contributed by atoms with Crippen LogP contribution in [0, 0.1) is 0 Å². The van der Waals surface area contributed by atoms with Gasteiger partial charge in [-0.25, -0.2) is 4.98 Å². The highest BCUT2D eigenvalue weighted by Gasteiger charge is 2.21. The van der Waals surface area contributed by atoms with E-state index in [0.717, 1.165) is 5.95 Å². The second-order valence-corrected chi connectivity index (χ2v) is 4.01. The Morgan fingerprint density at radius 1 is 1.71 bits per heavy atom. The van der Waals surface area contributed by atoms with Gasteiger partial charge in [0.05, 0.1) is 0 Å². The van der Waals surface area contributed by atoms with Crippen molar-refractivity contribution in [3.63, 3.8) is 0 Å². The highest BCUT2D eigenvalue weighted by Crippen LogP contribution is 2.15. The molecule has 0 saturated heterocycles. The summed E-state index contributed by atoms with van der Waals surface area (Å²) in [5, 5.41) is 3.15. The largest absolute Gasteiger partial charge is 0.370 e. The summed E-state index contributed by atoms with van der Waals surface area (Å²) in [4.78, 5) is 14.9. The summed E-state index contributed by atoms with van der Waals surface area (Å²) < 4.78 is 1.85. The standard InChI is InChI=1S/C9H16N4O/c1-9(2,6-7(10)14)12-8-11-4-5-13(8)3/h4-5H,6H2,1-3H3,(H2,10,14)(H,11,12). The van der Waals surface area contributed by atoms with E-state index in [4.69, 9.17) is 5.73 Å². The maximum absolute atomic E-state index is 10.8. The van der Waals surface area contributed by atoms with Gasteiger partial charge in [0.15, 0.2) is 0 Å². The van der Waals surface area contributed by atoms with E-state index in [1.807, 2.05) is 31.7 Å². The lowest BCUT2D eigenvalue weighted by Crippen LogP contribution is -2.36. The number of imidazole rings is 1. The molecule has 0 fully saturated rings. The van der Waals surface area contributed by atoms with E-state index in [1.165, 1.54) is 0 Å². The van der Waals surface area contributed by atoms with Crippen LogP contribution in [-0.4, -0.2) is 21.0 Å². The first-order valence-corrected chi connectivity index (χ1v) is 4.44. The number of carbonyl (C=O) groups excluding carboxylic acids is 1. The van der Waals surface area contributed by atoms with E-state index < -0.39 is 0 Å². The summed E-state index contributed by atoms with van der Waals surface area (Å²) >= 11 is 0. The molecule has 5 nitrogen and oxygen atoms in total. The van der Waals surface area contributed by atoms with E-state index >= 15 is 0 Å². The van der Waals surface area contributed by atoms with Crippen molar-refractivity contribution in [3.05, 3.63) is 12.4 Å². The number of aryl methyl sites for hydroxylation is 1. The molecule has 1 aromatic heterocycles. The van der Waals surface area contributed by atoms with Gasteiger partial charge in [0.2, 0.25) is 11.9 Å². The number of nitrogens with one attached hydrogen (secondary N) is 1. The Kier molecular flexibility index (Phi) is 2.78. The second kappa shape index (κ2) is 3.69. The maximum atomic E-state index is 10.8. The highest BCUT2D eigenvalue weighted by atomic mass is 16.1. The Hall–Kier alpha value is -1.52. The number of carbonyl (C=O) groups is 1. The lowest BCUT2D eigenvalue weighted by Gasteiger charge is -2.25. The van der Waals surface area contributed by atoms with Crippen molar-refractivity contribution in [2.75, 3.05) is 5.32 Å². The summed E-state index contributed by atoms with van der Waals surface area (Å²) in [5.41, 5.74) is 4.77. The van der Waals surface area contributed by atoms with E-state index in [1.54, 1.807) is 6.20 Å². The van der Waals surface area contributed by atoms with E-state index in [2.05, 4.69) is 10.3 Å². The number of hydrogen-bond donors (Lipinski definition) is 2. The Balaban J connectivity index is 2.68. The van der Waals surface area contributed by atoms with Crippen LogP contribution in [0.3, 0.4) is 0 Å². The van der Waals surface area contributed by atoms with Gasteiger partial charge >= 0.3 is 0 Å². The van der Waals surface area contributed by atoms with Crippen molar-refractivity contribution in [1.82, 2.24) is 9.55 Å². The van der Waals surface area contributed by atoms with Crippen LogP contribution in [0.1, 0.15) is 20.3 Å².